The second-order valence-corrected chi connectivity index (χ2v) is 6.98. The van der Waals surface area contributed by atoms with Crippen LogP contribution in [0.25, 0.3) is 6.08 Å². The van der Waals surface area contributed by atoms with Crippen molar-refractivity contribution in [2.45, 2.75) is 38.8 Å². The molecule has 0 spiro atoms. The second kappa shape index (κ2) is 8.07. The van der Waals surface area contributed by atoms with Gasteiger partial charge in [0.25, 0.3) is 4.98 Å². The van der Waals surface area contributed by atoms with Crippen LogP contribution in [0.5, 0.6) is 5.75 Å². The first-order chi connectivity index (χ1) is 13.6. The largest absolute Gasteiger partial charge is 0.475 e. The molecule has 0 aliphatic carbocycles. The van der Waals surface area contributed by atoms with Crippen LogP contribution in [-0.2, 0) is 14.4 Å². The van der Waals surface area contributed by atoms with Crippen LogP contribution in [0, 0.1) is 11.8 Å². The number of esters is 1. The van der Waals surface area contributed by atoms with Crippen molar-refractivity contribution < 1.29 is 37.3 Å². The molecule has 1 aromatic rings. The molecule has 0 radical (unpaired) electrons. The highest BCUT2D eigenvalue weighted by molar-refractivity contribution is 6.30. The molecule has 8 nitrogen and oxygen atoms in total. The Morgan fingerprint density at radius 1 is 1.41 bits per heavy atom. The zero-order valence-electron chi connectivity index (χ0n) is 15.5. The lowest BCUT2D eigenvalue weighted by Crippen LogP contribution is -2.50. The first-order valence-corrected chi connectivity index (χ1v) is 9.03. The van der Waals surface area contributed by atoms with Crippen molar-refractivity contribution in [1.82, 2.24) is 10.6 Å². The third kappa shape index (κ3) is 4.73. The normalized spacial score (nSPS) is 19.3. The van der Waals surface area contributed by atoms with Crippen molar-refractivity contribution in [2.75, 3.05) is 13.1 Å². The molecule has 0 saturated carbocycles. The highest BCUT2D eigenvalue weighted by atomic mass is 35.5. The van der Waals surface area contributed by atoms with Gasteiger partial charge in [0, 0.05) is 23.1 Å². The molecule has 1 unspecified atom stereocenters. The molecule has 1 N–H and O–H groups in total. The van der Waals surface area contributed by atoms with Gasteiger partial charge < -0.3 is 9.47 Å². The molecule has 29 heavy (non-hydrogen) atoms. The summed E-state index contributed by atoms with van der Waals surface area (Å²) in [6, 6.07) is 2.84. The Labute approximate surface area is 168 Å². The number of nitrogens with zero attached hydrogens (tertiary/aromatic N) is 2. The third-order valence-corrected chi connectivity index (χ3v) is 4.51. The maximum Gasteiger partial charge on any atom is 0.430 e. The van der Waals surface area contributed by atoms with Crippen LogP contribution in [0.3, 0.4) is 0 Å². The summed E-state index contributed by atoms with van der Waals surface area (Å²) < 4.78 is 50.4. The fourth-order valence-electron chi connectivity index (χ4n) is 2.76. The number of fused-ring (bicyclic) bond motifs is 1. The molecule has 0 amide bonds. The number of carbonyl (C=O) groups excluding carboxylic acids is 1. The fourth-order valence-corrected chi connectivity index (χ4v) is 3.04. The zero-order valence-corrected chi connectivity index (χ0v) is 16.2. The number of aryl methyl sites for hydroxylation is 1. The minimum Gasteiger partial charge on any atom is -0.475 e. The van der Waals surface area contributed by atoms with Gasteiger partial charge >= 0.3 is 12.1 Å². The SMILES string of the molecule is Cc1cc(Cl)cc2c1O[C@H](C(F)(F)F)C(C(=O)OC(C)ON[N+](=O)N1CCC1)=C2. The lowest BCUT2D eigenvalue weighted by molar-refractivity contribution is -0.801. The number of hydrogen-bond acceptors (Lipinski definition) is 5. The number of ether oxygens (including phenoxy) is 2. The number of hydrogen-bond donors (Lipinski definition) is 1. The van der Waals surface area contributed by atoms with E-state index in [-0.39, 0.29) is 16.3 Å². The Morgan fingerprint density at radius 3 is 2.69 bits per heavy atom. The quantitative estimate of drug-likeness (QED) is 0.318. The molecule has 2 atom stereocenters. The molecule has 1 fully saturated rings. The van der Waals surface area contributed by atoms with Crippen molar-refractivity contribution in [3.8, 4) is 5.75 Å². The first-order valence-electron chi connectivity index (χ1n) is 8.65. The predicted molar refractivity (Wildman–Crippen MR) is 94.2 cm³/mol. The molecule has 0 aromatic heterocycles. The van der Waals surface area contributed by atoms with Crippen LogP contribution in [0.1, 0.15) is 24.5 Å². The third-order valence-electron chi connectivity index (χ3n) is 4.29. The minimum atomic E-state index is -4.86. The van der Waals surface area contributed by atoms with E-state index in [9.17, 15) is 22.9 Å². The van der Waals surface area contributed by atoms with Gasteiger partial charge in [-0.3, -0.25) is 0 Å². The molecule has 3 rings (SSSR count). The van der Waals surface area contributed by atoms with Gasteiger partial charge in [-0.2, -0.15) is 18.0 Å². The number of hydrazine groups is 2. The molecular weight excluding hydrogens is 419 g/mol. The second-order valence-electron chi connectivity index (χ2n) is 6.54. The van der Waals surface area contributed by atoms with Crippen molar-refractivity contribution in [1.29, 1.82) is 0 Å². The first kappa shape index (κ1) is 21.2. The van der Waals surface area contributed by atoms with Gasteiger partial charge in [0.05, 0.1) is 23.6 Å². The molecule has 2 aliphatic heterocycles. The Balaban J connectivity index is 1.74. The molecule has 158 valence electrons. The van der Waals surface area contributed by atoms with E-state index in [1.807, 2.05) is 5.59 Å². The van der Waals surface area contributed by atoms with E-state index in [0.29, 0.717) is 23.6 Å². The summed E-state index contributed by atoms with van der Waals surface area (Å²) >= 11 is 5.94. The molecule has 2 heterocycles. The summed E-state index contributed by atoms with van der Waals surface area (Å²) in [5, 5.41) is 1.65. The summed E-state index contributed by atoms with van der Waals surface area (Å²) in [6.07, 6.45) is -6.85. The zero-order chi connectivity index (χ0) is 21.3. The summed E-state index contributed by atoms with van der Waals surface area (Å²) in [5.41, 5.74) is 1.86. The lowest BCUT2D eigenvalue weighted by Gasteiger charge is -2.29. The van der Waals surface area contributed by atoms with Crippen LogP contribution in [-0.4, -0.2) is 47.6 Å². The molecule has 2 aliphatic rings. The molecule has 1 saturated heterocycles. The minimum absolute atomic E-state index is 0.0178. The van der Waals surface area contributed by atoms with E-state index in [4.69, 9.17) is 25.9 Å². The maximum atomic E-state index is 13.5. The van der Waals surface area contributed by atoms with Crippen LogP contribution in [0.15, 0.2) is 17.7 Å². The van der Waals surface area contributed by atoms with E-state index in [0.717, 1.165) is 12.5 Å². The average Bonchev–Trinajstić information content (AvgIpc) is 2.56. The van der Waals surface area contributed by atoms with Crippen molar-refractivity contribution in [3.63, 3.8) is 0 Å². The van der Waals surface area contributed by atoms with Crippen molar-refractivity contribution in [3.05, 3.63) is 38.8 Å². The maximum absolute atomic E-state index is 13.5. The van der Waals surface area contributed by atoms with E-state index >= 15 is 0 Å². The van der Waals surface area contributed by atoms with E-state index < -0.39 is 30.1 Å². The number of rotatable bonds is 6. The summed E-state index contributed by atoms with van der Waals surface area (Å²) in [4.78, 5) is 29.1. The molecule has 12 heteroatoms. The van der Waals surface area contributed by atoms with Gasteiger partial charge in [0.1, 0.15) is 5.75 Å². The Morgan fingerprint density at radius 2 is 2.10 bits per heavy atom. The number of benzene rings is 1. The summed E-state index contributed by atoms with van der Waals surface area (Å²) in [7, 11) is 0. The van der Waals surface area contributed by atoms with E-state index in [1.54, 1.807) is 6.92 Å². The van der Waals surface area contributed by atoms with Gasteiger partial charge in [-0.05, 0) is 37.1 Å². The molecule has 0 bridgehead atoms. The highest BCUT2D eigenvalue weighted by Gasteiger charge is 2.49. The predicted octanol–water partition coefficient (Wildman–Crippen LogP) is 3.08. The highest BCUT2D eigenvalue weighted by Crippen LogP contribution is 2.40. The number of alkyl halides is 3. The van der Waals surface area contributed by atoms with Gasteiger partial charge in [-0.25, -0.2) is 4.79 Å². The van der Waals surface area contributed by atoms with Crippen LogP contribution < -0.4 is 10.3 Å². The standard InChI is InChI=1S/C17H18ClF3N3O5/c1-9-6-12(18)7-11-8-13(15(17(19,20)21)28-14(9)11)16(25)27-10(2)29-22-24(26)23-4-3-5-23/h6-8,10,15H,3-5H2,1-2H3,(H,22,26)/q+1/t10?,15-/m0/s1. The van der Waals surface area contributed by atoms with E-state index in [2.05, 4.69) is 0 Å². The monoisotopic (exact) mass is 436 g/mol. The van der Waals surface area contributed by atoms with Gasteiger partial charge in [-0.1, -0.05) is 11.6 Å². The lowest BCUT2D eigenvalue weighted by atomic mass is 9.99. The number of halogens is 4. The summed E-state index contributed by atoms with van der Waals surface area (Å²) in [5.74, 6) is -1.32. The van der Waals surface area contributed by atoms with Gasteiger partial charge in [0.15, 0.2) is 0 Å². The molecular formula is C17H18ClF3N3O5+. The van der Waals surface area contributed by atoms with Crippen LogP contribution >= 0.6 is 11.6 Å². The van der Waals surface area contributed by atoms with Gasteiger partial charge in [-0.15, -0.1) is 5.01 Å². The summed E-state index contributed by atoms with van der Waals surface area (Å²) in [6.45, 7) is 3.86. The number of nitroso groups, excluding NO2 is 1. The Bertz CT molecular complexity index is 857. The molecule has 1 aromatic carbocycles. The Hall–Kier alpha value is -2.53. The topological polar surface area (TPSA) is 80.1 Å². The number of nitrogens with one attached hydrogen (secondary N) is 1. The average molecular weight is 437 g/mol. The van der Waals surface area contributed by atoms with Gasteiger partial charge in [0.2, 0.25) is 12.4 Å². The van der Waals surface area contributed by atoms with Crippen molar-refractivity contribution >= 4 is 23.6 Å². The number of carbonyl (C=O) groups is 1. The fraction of sp³-hybridized carbons (Fsp3) is 0.471. The van der Waals surface area contributed by atoms with Crippen molar-refractivity contribution in [2.24, 2.45) is 0 Å². The smallest absolute Gasteiger partial charge is 0.430 e. The van der Waals surface area contributed by atoms with Crippen LogP contribution in [0.4, 0.5) is 13.2 Å². The van der Waals surface area contributed by atoms with Crippen LogP contribution in [0.2, 0.25) is 5.02 Å². The Kier molecular flexibility index (Phi) is 5.90. The van der Waals surface area contributed by atoms with E-state index in [1.165, 1.54) is 24.1 Å².